The van der Waals surface area contributed by atoms with E-state index in [9.17, 15) is 9.59 Å². The molecule has 0 spiro atoms. The van der Waals surface area contributed by atoms with E-state index in [1.165, 1.54) is 6.33 Å². The molecule has 27 heavy (non-hydrogen) atoms. The molecular weight excluding hydrogens is 344 g/mol. The zero-order chi connectivity index (χ0) is 18.6. The van der Waals surface area contributed by atoms with Crippen LogP contribution in [0, 0.1) is 5.92 Å². The number of likely N-dealkylation sites (tertiary alicyclic amines) is 2. The zero-order valence-corrected chi connectivity index (χ0v) is 15.5. The number of rotatable bonds is 4. The number of aromatic nitrogens is 2. The Morgan fingerprint density at radius 1 is 1.26 bits per heavy atom. The molecule has 1 amide bonds. The van der Waals surface area contributed by atoms with E-state index in [2.05, 4.69) is 14.9 Å². The van der Waals surface area contributed by atoms with Crippen LogP contribution in [0.15, 0.2) is 40.0 Å². The molecule has 4 heterocycles. The van der Waals surface area contributed by atoms with Gasteiger partial charge in [-0.2, -0.15) is 0 Å². The molecule has 144 valence electrons. The van der Waals surface area contributed by atoms with Gasteiger partial charge in [-0.1, -0.05) is 0 Å². The molecule has 0 aliphatic carbocycles. The van der Waals surface area contributed by atoms with Crippen molar-refractivity contribution in [2.45, 2.75) is 38.1 Å². The van der Waals surface area contributed by atoms with Gasteiger partial charge in [0, 0.05) is 31.0 Å². The maximum Gasteiger partial charge on any atom is 0.250 e. The topological polar surface area (TPSA) is 82.4 Å². The van der Waals surface area contributed by atoms with Crippen LogP contribution < -0.4 is 5.56 Å². The summed E-state index contributed by atoms with van der Waals surface area (Å²) in [6, 6.07) is 5.47. The predicted molar refractivity (Wildman–Crippen MR) is 100 cm³/mol. The number of aromatic amines is 1. The summed E-state index contributed by atoms with van der Waals surface area (Å²) in [6.07, 6.45) is 6.87. The number of H-pyrrole nitrogens is 1. The van der Waals surface area contributed by atoms with Crippen LogP contribution in [-0.4, -0.2) is 51.9 Å². The highest BCUT2D eigenvalue weighted by Gasteiger charge is 2.32. The SMILES string of the molecule is O=C(C1CCN(Cc2ccco2)CC1)N1CCCC(c2cc(=O)[nH]cn2)C1. The van der Waals surface area contributed by atoms with Crippen molar-refractivity contribution in [3.05, 3.63) is 52.6 Å². The van der Waals surface area contributed by atoms with Crippen LogP contribution in [0.4, 0.5) is 0 Å². The summed E-state index contributed by atoms with van der Waals surface area (Å²) in [5.41, 5.74) is 0.664. The standard InChI is InChI=1S/C20H26N4O3/c25-19-11-18(21-14-22-19)16-3-1-7-24(12-16)20(26)15-5-8-23(9-6-15)13-17-4-2-10-27-17/h2,4,10-11,14-16H,1,3,5-9,12-13H2,(H,21,22,25). The Morgan fingerprint density at radius 3 is 2.85 bits per heavy atom. The lowest BCUT2D eigenvalue weighted by Gasteiger charge is -2.37. The van der Waals surface area contributed by atoms with Gasteiger partial charge in [0.05, 0.1) is 24.8 Å². The summed E-state index contributed by atoms with van der Waals surface area (Å²) in [6.45, 7) is 4.13. The fourth-order valence-corrected chi connectivity index (χ4v) is 4.24. The molecule has 4 rings (SSSR count). The highest BCUT2D eigenvalue weighted by Crippen LogP contribution is 2.28. The van der Waals surface area contributed by atoms with Crippen LogP contribution in [0.2, 0.25) is 0 Å². The number of amides is 1. The van der Waals surface area contributed by atoms with Crippen molar-refractivity contribution in [2.24, 2.45) is 5.92 Å². The molecule has 2 aliphatic heterocycles. The molecule has 1 unspecified atom stereocenters. The Bertz CT molecular complexity index is 809. The minimum Gasteiger partial charge on any atom is -0.468 e. The van der Waals surface area contributed by atoms with Gasteiger partial charge in [0.25, 0.3) is 5.56 Å². The number of nitrogens with one attached hydrogen (secondary N) is 1. The van der Waals surface area contributed by atoms with Crippen molar-refractivity contribution < 1.29 is 9.21 Å². The molecule has 1 atom stereocenters. The van der Waals surface area contributed by atoms with E-state index in [0.29, 0.717) is 6.54 Å². The van der Waals surface area contributed by atoms with E-state index < -0.39 is 0 Å². The molecule has 1 N–H and O–H groups in total. The lowest BCUT2D eigenvalue weighted by molar-refractivity contribution is -0.138. The quantitative estimate of drug-likeness (QED) is 0.890. The Labute approximate surface area is 158 Å². The number of carbonyl (C=O) groups is 1. The second kappa shape index (κ2) is 8.08. The largest absolute Gasteiger partial charge is 0.468 e. The van der Waals surface area contributed by atoms with E-state index in [1.54, 1.807) is 12.3 Å². The Kier molecular flexibility index (Phi) is 5.38. The van der Waals surface area contributed by atoms with Gasteiger partial charge in [0.1, 0.15) is 5.76 Å². The Balaban J connectivity index is 1.32. The molecule has 2 saturated heterocycles. The van der Waals surface area contributed by atoms with Crippen LogP contribution in [0.25, 0.3) is 0 Å². The highest BCUT2D eigenvalue weighted by atomic mass is 16.3. The number of hydrogen-bond donors (Lipinski definition) is 1. The van der Waals surface area contributed by atoms with Crippen LogP contribution in [0.5, 0.6) is 0 Å². The van der Waals surface area contributed by atoms with Crippen molar-refractivity contribution in [3.63, 3.8) is 0 Å². The van der Waals surface area contributed by atoms with Crippen LogP contribution in [-0.2, 0) is 11.3 Å². The van der Waals surface area contributed by atoms with Crippen molar-refractivity contribution in [2.75, 3.05) is 26.2 Å². The zero-order valence-electron chi connectivity index (χ0n) is 15.5. The molecule has 0 saturated carbocycles. The van der Waals surface area contributed by atoms with Crippen molar-refractivity contribution in [3.8, 4) is 0 Å². The third-order valence-corrected chi connectivity index (χ3v) is 5.75. The summed E-state index contributed by atoms with van der Waals surface area (Å²) >= 11 is 0. The molecule has 0 bridgehead atoms. The Morgan fingerprint density at radius 2 is 2.11 bits per heavy atom. The second-order valence-electron chi connectivity index (χ2n) is 7.59. The molecule has 2 fully saturated rings. The molecule has 7 nitrogen and oxygen atoms in total. The smallest absolute Gasteiger partial charge is 0.250 e. The number of hydrogen-bond acceptors (Lipinski definition) is 5. The highest BCUT2D eigenvalue weighted by molar-refractivity contribution is 5.79. The predicted octanol–water partition coefficient (Wildman–Crippen LogP) is 1.98. The van der Waals surface area contributed by atoms with E-state index in [0.717, 1.165) is 63.3 Å². The maximum absolute atomic E-state index is 13.0. The van der Waals surface area contributed by atoms with Crippen molar-refractivity contribution >= 4 is 5.91 Å². The fraction of sp³-hybridized carbons (Fsp3) is 0.550. The molecule has 2 aliphatic rings. The fourth-order valence-electron chi connectivity index (χ4n) is 4.24. The van der Waals surface area contributed by atoms with E-state index in [4.69, 9.17) is 4.42 Å². The van der Waals surface area contributed by atoms with Crippen LogP contribution in [0.3, 0.4) is 0 Å². The lowest BCUT2D eigenvalue weighted by Crippen LogP contribution is -2.45. The number of piperidine rings is 2. The normalized spacial score (nSPS) is 22.1. The third kappa shape index (κ3) is 4.30. The lowest BCUT2D eigenvalue weighted by atomic mass is 9.91. The first-order chi connectivity index (χ1) is 13.2. The minimum atomic E-state index is -0.132. The molecule has 2 aromatic rings. The van der Waals surface area contributed by atoms with Crippen LogP contribution >= 0.6 is 0 Å². The average molecular weight is 370 g/mol. The monoisotopic (exact) mass is 370 g/mol. The maximum atomic E-state index is 13.0. The van der Waals surface area contributed by atoms with Gasteiger partial charge in [0.2, 0.25) is 5.91 Å². The van der Waals surface area contributed by atoms with Gasteiger partial charge < -0.3 is 14.3 Å². The van der Waals surface area contributed by atoms with Gasteiger partial charge in [-0.25, -0.2) is 4.98 Å². The van der Waals surface area contributed by atoms with E-state index >= 15 is 0 Å². The summed E-state index contributed by atoms with van der Waals surface area (Å²) < 4.78 is 5.42. The molecule has 7 heteroatoms. The molecular formula is C20H26N4O3. The van der Waals surface area contributed by atoms with Crippen molar-refractivity contribution in [1.29, 1.82) is 0 Å². The second-order valence-corrected chi connectivity index (χ2v) is 7.59. The van der Waals surface area contributed by atoms with E-state index in [-0.39, 0.29) is 23.3 Å². The minimum absolute atomic E-state index is 0.101. The first-order valence-electron chi connectivity index (χ1n) is 9.77. The summed E-state index contributed by atoms with van der Waals surface area (Å²) in [7, 11) is 0. The van der Waals surface area contributed by atoms with Gasteiger partial charge in [-0.05, 0) is 50.9 Å². The molecule has 0 aromatic carbocycles. The van der Waals surface area contributed by atoms with Crippen LogP contribution in [0.1, 0.15) is 43.1 Å². The average Bonchev–Trinajstić information content (AvgIpc) is 3.21. The first-order valence-corrected chi connectivity index (χ1v) is 9.77. The number of nitrogens with zero attached hydrogens (tertiary/aromatic N) is 3. The number of carbonyl (C=O) groups excluding carboxylic acids is 1. The molecule has 2 aromatic heterocycles. The van der Waals surface area contributed by atoms with E-state index in [1.807, 2.05) is 17.0 Å². The summed E-state index contributed by atoms with van der Waals surface area (Å²) in [4.78, 5) is 35.8. The number of furan rings is 1. The van der Waals surface area contributed by atoms with Gasteiger partial charge in [0.15, 0.2) is 0 Å². The van der Waals surface area contributed by atoms with Gasteiger partial charge >= 0.3 is 0 Å². The molecule has 0 radical (unpaired) electrons. The first kappa shape index (κ1) is 18.0. The summed E-state index contributed by atoms with van der Waals surface area (Å²) in [5, 5.41) is 0. The summed E-state index contributed by atoms with van der Waals surface area (Å²) in [5.74, 6) is 1.50. The Hall–Kier alpha value is -2.41. The van der Waals surface area contributed by atoms with Crippen molar-refractivity contribution in [1.82, 2.24) is 19.8 Å². The van der Waals surface area contributed by atoms with Gasteiger partial charge in [-0.15, -0.1) is 0 Å². The van der Waals surface area contributed by atoms with Gasteiger partial charge in [-0.3, -0.25) is 14.5 Å². The third-order valence-electron chi connectivity index (χ3n) is 5.75.